The van der Waals surface area contributed by atoms with Crippen molar-refractivity contribution >= 4 is 5.91 Å². The van der Waals surface area contributed by atoms with E-state index in [1.54, 1.807) is 6.92 Å². The van der Waals surface area contributed by atoms with Crippen molar-refractivity contribution < 1.29 is 4.79 Å². The lowest BCUT2D eigenvalue weighted by Crippen LogP contribution is -2.62. The molecule has 3 heteroatoms. The lowest BCUT2D eigenvalue weighted by Gasteiger charge is -2.55. The number of nitrogens with zero attached hydrogens (tertiary/aromatic N) is 2. The van der Waals surface area contributed by atoms with Crippen molar-refractivity contribution in [1.29, 1.82) is 0 Å². The Morgan fingerprint density at radius 1 is 1.12 bits per heavy atom. The normalized spacial score (nSPS) is 23.1. The summed E-state index contributed by atoms with van der Waals surface area (Å²) in [5.74, 6) is 0.241. The van der Waals surface area contributed by atoms with Gasteiger partial charge in [-0.2, -0.15) is 0 Å². The summed E-state index contributed by atoms with van der Waals surface area (Å²) in [5, 5.41) is 0. The number of hydrogen-bond donors (Lipinski definition) is 0. The molecule has 1 amide bonds. The monoisotopic (exact) mass is 240 g/mol. The summed E-state index contributed by atoms with van der Waals surface area (Å²) in [7, 11) is 0. The van der Waals surface area contributed by atoms with Gasteiger partial charge in [0.2, 0.25) is 5.91 Å². The molecule has 0 bridgehead atoms. The smallest absolute Gasteiger partial charge is 0.219 e. The molecule has 0 radical (unpaired) electrons. The molecule has 0 aliphatic carbocycles. The molecule has 2 aliphatic rings. The van der Waals surface area contributed by atoms with Gasteiger partial charge in [0.1, 0.15) is 0 Å². The van der Waals surface area contributed by atoms with E-state index >= 15 is 0 Å². The van der Waals surface area contributed by atoms with E-state index in [1.165, 1.54) is 25.9 Å². The first-order valence-corrected chi connectivity index (χ1v) is 7.02. The van der Waals surface area contributed by atoms with E-state index in [2.05, 4.69) is 18.7 Å². The summed E-state index contributed by atoms with van der Waals surface area (Å²) in [6.07, 6.45) is 2.41. The molecule has 0 aromatic carbocycles. The number of likely N-dealkylation sites (tertiary alicyclic amines) is 2. The number of carbonyl (C=O) groups is 1. The fourth-order valence-corrected chi connectivity index (χ4v) is 2.79. The minimum Gasteiger partial charge on any atom is -0.343 e. The van der Waals surface area contributed by atoms with E-state index in [4.69, 9.17) is 0 Å². The largest absolute Gasteiger partial charge is 0.343 e. The standard InChI is InChI=1S/C12H22N2O.C2H6/c1-10(2)14-8-12(9-14)4-6-13(7-5-12)11(3)15;1-2/h10H,4-9H2,1-3H3;1-2H3. The van der Waals surface area contributed by atoms with Crippen LogP contribution in [-0.4, -0.2) is 47.9 Å². The molecule has 100 valence electrons. The van der Waals surface area contributed by atoms with Crippen LogP contribution >= 0.6 is 0 Å². The summed E-state index contributed by atoms with van der Waals surface area (Å²) < 4.78 is 0. The van der Waals surface area contributed by atoms with E-state index in [0.29, 0.717) is 11.5 Å². The lowest BCUT2D eigenvalue weighted by molar-refractivity contribution is -0.134. The maximum absolute atomic E-state index is 11.2. The number of piperidine rings is 1. The maximum atomic E-state index is 11.2. The topological polar surface area (TPSA) is 23.6 Å². The van der Waals surface area contributed by atoms with E-state index in [-0.39, 0.29) is 5.91 Å². The van der Waals surface area contributed by atoms with E-state index in [1.807, 2.05) is 18.7 Å². The van der Waals surface area contributed by atoms with Crippen LogP contribution in [0.2, 0.25) is 0 Å². The summed E-state index contributed by atoms with van der Waals surface area (Å²) in [6, 6.07) is 0.682. The van der Waals surface area contributed by atoms with Crippen LogP contribution in [0.4, 0.5) is 0 Å². The Labute approximate surface area is 106 Å². The molecular formula is C14H28N2O. The van der Waals surface area contributed by atoms with Crippen LogP contribution in [0, 0.1) is 5.41 Å². The highest BCUT2D eigenvalue weighted by Crippen LogP contribution is 2.41. The molecule has 2 heterocycles. The molecule has 17 heavy (non-hydrogen) atoms. The predicted molar refractivity (Wildman–Crippen MR) is 72.0 cm³/mol. The van der Waals surface area contributed by atoms with Crippen molar-refractivity contribution in [3.05, 3.63) is 0 Å². The van der Waals surface area contributed by atoms with Gasteiger partial charge in [-0.15, -0.1) is 0 Å². The number of carbonyl (C=O) groups excluding carboxylic acids is 1. The first-order chi connectivity index (χ1) is 8.02. The van der Waals surface area contributed by atoms with Gasteiger partial charge >= 0.3 is 0 Å². The Hall–Kier alpha value is -0.570. The zero-order chi connectivity index (χ0) is 13.1. The number of rotatable bonds is 1. The Morgan fingerprint density at radius 2 is 1.59 bits per heavy atom. The van der Waals surface area contributed by atoms with Crippen molar-refractivity contribution in [2.45, 2.75) is 53.5 Å². The second-order valence-electron chi connectivity index (χ2n) is 5.50. The minimum atomic E-state index is 0.241. The van der Waals surface area contributed by atoms with E-state index in [0.717, 1.165) is 13.1 Å². The van der Waals surface area contributed by atoms with Gasteiger partial charge in [-0.05, 0) is 32.1 Å². The maximum Gasteiger partial charge on any atom is 0.219 e. The number of amides is 1. The molecule has 0 aromatic rings. The Bertz CT molecular complexity index is 247. The molecule has 3 nitrogen and oxygen atoms in total. The van der Waals surface area contributed by atoms with Gasteiger partial charge in [-0.25, -0.2) is 0 Å². The third-order valence-electron chi connectivity index (χ3n) is 4.08. The first-order valence-electron chi connectivity index (χ1n) is 7.02. The van der Waals surface area contributed by atoms with Crippen LogP contribution in [0.15, 0.2) is 0 Å². The molecule has 2 fully saturated rings. The average Bonchev–Trinajstić information content (AvgIpc) is 2.28. The molecule has 0 aromatic heterocycles. The zero-order valence-electron chi connectivity index (χ0n) is 12.1. The molecular weight excluding hydrogens is 212 g/mol. The van der Waals surface area contributed by atoms with Crippen LogP contribution in [0.3, 0.4) is 0 Å². The van der Waals surface area contributed by atoms with Gasteiger partial charge in [-0.3, -0.25) is 9.69 Å². The highest BCUT2D eigenvalue weighted by Gasteiger charge is 2.45. The number of hydrogen-bond acceptors (Lipinski definition) is 2. The molecule has 0 N–H and O–H groups in total. The average molecular weight is 240 g/mol. The predicted octanol–water partition coefficient (Wildman–Crippen LogP) is 2.37. The van der Waals surface area contributed by atoms with Crippen molar-refractivity contribution in [2.24, 2.45) is 5.41 Å². The van der Waals surface area contributed by atoms with Crippen LogP contribution in [0.5, 0.6) is 0 Å². The van der Waals surface area contributed by atoms with Crippen LogP contribution in [0.25, 0.3) is 0 Å². The Morgan fingerprint density at radius 3 is 1.94 bits per heavy atom. The van der Waals surface area contributed by atoms with Crippen molar-refractivity contribution in [1.82, 2.24) is 9.80 Å². The molecule has 2 aliphatic heterocycles. The molecule has 0 atom stereocenters. The minimum absolute atomic E-state index is 0.241. The van der Waals surface area contributed by atoms with E-state index < -0.39 is 0 Å². The third kappa shape index (κ3) is 3.21. The molecule has 0 saturated carbocycles. The fourth-order valence-electron chi connectivity index (χ4n) is 2.79. The quantitative estimate of drug-likeness (QED) is 0.702. The zero-order valence-corrected chi connectivity index (χ0v) is 12.1. The van der Waals surface area contributed by atoms with Gasteiger partial charge in [0, 0.05) is 39.1 Å². The summed E-state index contributed by atoms with van der Waals surface area (Å²) in [5.41, 5.74) is 0.552. The second kappa shape index (κ2) is 5.85. The molecule has 0 unspecified atom stereocenters. The van der Waals surface area contributed by atoms with Gasteiger partial charge in [0.05, 0.1) is 0 Å². The van der Waals surface area contributed by atoms with Crippen LogP contribution < -0.4 is 0 Å². The second-order valence-corrected chi connectivity index (χ2v) is 5.50. The van der Waals surface area contributed by atoms with Gasteiger partial charge in [0.25, 0.3) is 0 Å². The van der Waals surface area contributed by atoms with Crippen molar-refractivity contribution in [3.8, 4) is 0 Å². The molecule has 1 spiro atoms. The Kier molecular flexibility index (Phi) is 4.99. The van der Waals surface area contributed by atoms with Crippen molar-refractivity contribution in [3.63, 3.8) is 0 Å². The third-order valence-corrected chi connectivity index (χ3v) is 4.08. The summed E-state index contributed by atoms with van der Waals surface area (Å²) >= 11 is 0. The van der Waals surface area contributed by atoms with Gasteiger partial charge < -0.3 is 4.90 Å². The lowest BCUT2D eigenvalue weighted by atomic mass is 9.71. The van der Waals surface area contributed by atoms with Crippen LogP contribution in [-0.2, 0) is 4.79 Å². The fraction of sp³-hybridized carbons (Fsp3) is 0.929. The van der Waals surface area contributed by atoms with Crippen molar-refractivity contribution in [2.75, 3.05) is 26.2 Å². The summed E-state index contributed by atoms with van der Waals surface area (Å²) in [4.78, 5) is 15.7. The molecule has 2 rings (SSSR count). The molecule has 2 saturated heterocycles. The Balaban J connectivity index is 0.000000686. The SMILES string of the molecule is CC.CC(=O)N1CCC2(CC1)CN(C(C)C)C2. The highest BCUT2D eigenvalue weighted by molar-refractivity contribution is 5.73. The first kappa shape index (κ1) is 14.5. The van der Waals surface area contributed by atoms with Gasteiger partial charge in [0.15, 0.2) is 0 Å². The highest BCUT2D eigenvalue weighted by atomic mass is 16.2. The van der Waals surface area contributed by atoms with Gasteiger partial charge in [-0.1, -0.05) is 13.8 Å². The summed E-state index contributed by atoms with van der Waals surface area (Å²) in [6.45, 7) is 14.6. The van der Waals surface area contributed by atoms with Crippen LogP contribution in [0.1, 0.15) is 47.5 Å². The van der Waals surface area contributed by atoms with E-state index in [9.17, 15) is 4.79 Å².